The van der Waals surface area contributed by atoms with Crippen molar-refractivity contribution >= 4 is 74.8 Å². The van der Waals surface area contributed by atoms with Crippen LogP contribution >= 0.6 is 46.2 Å². The van der Waals surface area contributed by atoms with Gasteiger partial charge in [-0.3, -0.25) is 4.57 Å². The zero-order chi connectivity index (χ0) is 54.9. The molecule has 6 aromatic heterocycles. The first kappa shape index (κ1) is 55.8. The molecule has 0 bridgehead atoms. The van der Waals surface area contributed by atoms with Gasteiger partial charge in [0.25, 0.3) is 0 Å². The molecule has 0 unspecified atom stereocenters. The van der Waals surface area contributed by atoms with E-state index in [0.717, 1.165) is 86.7 Å². The average molecular weight is 1180 g/mol. The van der Waals surface area contributed by atoms with Crippen molar-refractivity contribution in [2.75, 3.05) is 23.8 Å². The highest BCUT2D eigenvalue weighted by atomic mass is 79.9. The fraction of sp³-hybridized carbons (Fsp3) is 0.296. The van der Waals surface area contributed by atoms with Crippen molar-refractivity contribution in [3.05, 3.63) is 169 Å². The van der Waals surface area contributed by atoms with Crippen LogP contribution in [0.25, 0.3) is 21.1 Å². The summed E-state index contributed by atoms with van der Waals surface area (Å²) in [5.41, 5.74) is 2.22. The molecule has 0 saturated heterocycles. The summed E-state index contributed by atoms with van der Waals surface area (Å²) < 4.78 is 104. The number of benzene rings is 2. The largest absolute Gasteiger partial charge is 0.416 e. The van der Waals surface area contributed by atoms with Crippen LogP contribution in [0.15, 0.2) is 114 Å². The summed E-state index contributed by atoms with van der Waals surface area (Å²) in [6.07, 6.45) is 0.715. The lowest BCUT2D eigenvalue weighted by molar-refractivity contribution is -0.138. The zero-order valence-corrected chi connectivity index (χ0v) is 45.9. The van der Waals surface area contributed by atoms with E-state index in [1.807, 2.05) is 44.2 Å². The summed E-state index contributed by atoms with van der Waals surface area (Å²) in [5.74, 6) is 0.764. The number of nitrogens with one attached hydrogen (secondary N) is 2. The Hall–Kier alpha value is -5.97. The SMILES string of the molecule is CCOP(=O)(OCC)c1ccc2c(c1)CCC[C@]2(O)c1ncc(-c2cc(C)cc(Nc3cc(C(F)(F)F)ccn3)n2)s1.Cc1cc(Nc2cc(C(F)(F)F)ccn2)nc(-c2cnc([C@@]3(O)CCCc4cc(Br)ccc43)s2)c1. The minimum Gasteiger partial charge on any atom is -0.378 e. The number of thiazole rings is 2. The topological polar surface area (TPSA) is 177 Å². The maximum absolute atomic E-state index is 13.3. The summed E-state index contributed by atoms with van der Waals surface area (Å²) >= 11 is 6.15. The number of alkyl halides is 6. The Morgan fingerprint density at radius 2 is 1.08 bits per heavy atom. The van der Waals surface area contributed by atoms with Crippen LogP contribution in [0.3, 0.4) is 0 Å². The lowest BCUT2D eigenvalue weighted by Gasteiger charge is -2.33. The third-order valence-corrected chi connectivity index (χ3v) is 17.7. The molecule has 0 aliphatic heterocycles. The predicted octanol–water partition coefficient (Wildman–Crippen LogP) is 14.1. The van der Waals surface area contributed by atoms with E-state index >= 15 is 0 Å². The van der Waals surface area contributed by atoms with E-state index in [1.165, 1.54) is 22.7 Å². The van der Waals surface area contributed by atoms with Crippen molar-refractivity contribution in [1.82, 2.24) is 29.9 Å². The number of halogens is 7. The minimum absolute atomic E-state index is 0.0181. The Kier molecular flexibility index (Phi) is 16.2. The van der Waals surface area contributed by atoms with Gasteiger partial charge in [-0.2, -0.15) is 26.3 Å². The molecule has 402 valence electrons. The molecule has 77 heavy (non-hydrogen) atoms. The zero-order valence-electron chi connectivity index (χ0n) is 41.8. The van der Waals surface area contributed by atoms with Crippen molar-refractivity contribution in [1.29, 1.82) is 0 Å². The minimum atomic E-state index is -4.49. The summed E-state index contributed by atoms with van der Waals surface area (Å²) in [6, 6.07) is 22.0. The smallest absolute Gasteiger partial charge is 0.378 e. The van der Waals surface area contributed by atoms with Crippen LogP contribution in [0.4, 0.5) is 49.6 Å². The van der Waals surface area contributed by atoms with Gasteiger partial charge in [-0.05, 0) is 172 Å². The number of nitrogens with zero attached hydrogens (tertiary/aromatic N) is 6. The summed E-state index contributed by atoms with van der Waals surface area (Å²) in [5, 5.41) is 30.8. The van der Waals surface area contributed by atoms with Crippen LogP contribution in [-0.4, -0.2) is 53.3 Å². The molecule has 0 amide bonds. The van der Waals surface area contributed by atoms with Gasteiger partial charge in [-0.1, -0.05) is 28.1 Å². The Labute approximate surface area is 456 Å². The van der Waals surface area contributed by atoms with Gasteiger partial charge in [0.2, 0.25) is 0 Å². The molecule has 2 aromatic carbocycles. The lowest BCUT2D eigenvalue weighted by atomic mass is 9.79. The van der Waals surface area contributed by atoms with Crippen molar-refractivity contribution in [3.8, 4) is 21.1 Å². The van der Waals surface area contributed by atoms with E-state index in [4.69, 9.17) is 9.05 Å². The van der Waals surface area contributed by atoms with Crippen LogP contribution in [0.1, 0.15) is 94.1 Å². The average Bonchev–Trinajstić information content (AvgIpc) is 4.13. The van der Waals surface area contributed by atoms with Crippen molar-refractivity contribution in [2.45, 2.75) is 89.8 Å². The summed E-state index contributed by atoms with van der Waals surface area (Å²) in [7, 11) is -3.48. The molecule has 0 radical (unpaired) electrons. The second-order valence-electron chi connectivity index (χ2n) is 18.4. The molecule has 2 aliphatic rings. The molecule has 0 saturated carbocycles. The fourth-order valence-electron chi connectivity index (χ4n) is 9.34. The van der Waals surface area contributed by atoms with Crippen LogP contribution in [-0.2, 0) is 50.0 Å². The molecule has 4 N–H and O–H groups in total. The number of aliphatic hydroxyl groups is 2. The predicted molar refractivity (Wildman–Crippen MR) is 288 cm³/mol. The number of hydrogen-bond acceptors (Lipinski definition) is 15. The first-order valence-corrected chi connectivity index (χ1v) is 28.3. The molecule has 0 spiro atoms. The van der Waals surface area contributed by atoms with Gasteiger partial charge in [0, 0.05) is 29.3 Å². The number of pyridine rings is 4. The second-order valence-corrected chi connectivity index (χ2v) is 23.4. The van der Waals surface area contributed by atoms with Gasteiger partial charge in [0.15, 0.2) is 0 Å². The Bertz CT molecular complexity index is 3500. The van der Waals surface area contributed by atoms with Crippen LogP contribution in [0.5, 0.6) is 0 Å². The highest BCUT2D eigenvalue weighted by Gasteiger charge is 2.41. The number of aryl methyl sites for hydroxylation is 4. The Balaban J connectivity index is 0.000000191. The van der Waals surface area contributed by atoms with E-state index < -0.39 is 42.3 Å². The number of fused-ring (bicyclic) bond motifs is 2. The highest BCUT2D eigenvalue weighted by Crippen LogP contribution is 2.50. The van der Waals surface area contributed by atoms with Crippen molar-refractivity contribution < 1.29 is 50.2 Å². The quantitative estimate of drug-likeness (QED) is 0.0634. The Morgan fingerprint density at radius 3 is 1.53 bits per heavy atom. The number of rotatable bonds is 13. The van der Waals surface area contributed by atoms with E-state index in [0.29, 0.717) is 74.5 Å². The van der Waals surface area contributed by atoms with E-state index in [2.05, 4.69) is 56.5 Å². The maximum Gasteiger partial charge on any atom is 0.416 e. The third-order valence-electron chi connectivity index (χ3n) is 12.8. The van der Waals surface area contributed by atoms with Gasteiger partial charge in [0.1, 0.15) is 44.5 Å². The summed E-state index contributed by atoms with van der Waals surface area (Å²) in [4.78, 5) is 27.7. The lowest BCUT2D eigenvalue weighted by Crippen LogP contribution is -2.32. The third kappa shape index (κ3) is 12.3. The van der Waals surface area contributed by atoms with Gasteiger partial charge in [-0.15, -0.1) is 22.7 Å². The normalized spacial score (nSPS) is 17.5. The number of hydrogen-bond donors (Lipinski definition) is 4. The van der Waals surface area contributed by atoms with E-state index in [9.17, 15) is 41.1 Å². The fourth-order valence-corrected chi connectivity index (χ4v) is 13.4. The van der Waals surface area contributed by atoms with Crippen LogP contribution in [0, 0.1) is 13.8 Å². The van der Waals surface area contributed by atoms with E-state index in [-0.39, 0.29) is 24.8 Å². The first-order chi connectivity index (χ1) is 36.6. The van der Waals surface area contributed by atoms with Crippen LogP contribution in [0.2, 0.25) is 0 Å². The Morgan fingerprint density at radius 1 is 0.623 bits per heavy atom. The molecule has 2 atom stereocenters. The van der Waals surface area contributed by atoms with E-state index in [1.54, 1.807) is 56.6 Å². The standard InChI is InChI=1S/C29H30F3N4O4PS.C25H20BrF3N4OS/c1-4-39-41(38,40-5-2)21-8-9-22-19(15-21)7-6-11-28(22,37)27-34-17-24(42-27)23-13-18(3)14-26(35-23)36-25-16-20(10-12-33-25)29(30,31)32;1-14-9-19(32-22(10-14)33-21-12-16(6-8-30-21)25(27,28)29)20-13-31-23(35-20)24(34)7-2-3-15-11-17(26)4-5-18(15)24/h8-10,12-17,37H,4-7,11H2,1-3H3,(H,33,35,36);4-6,8-13,34H,2-3,7H2,1H3,(H,30,32,33)/t28-;24-/m11/s1. The molecule has 23 heteroatoms. The van der Waals surface area contributed by atoms with Crippen molar-refractivity contribution in [3.63, 3.8) is 0 Å². The van der Waals surface area contributed by atoms with Gasteiger partial charge in [0.05, 0.1) is 50.8 Å². The summed E-state index contributed by atoms with van der Waals surface area (Å²) in [6.45, 7) is 7.71. The van der Waals surface area contributed by atoms with Gasteiger partial charge < -0.3 is 29.9 Å². The molecule has 10 rings (SSSR count). The van der Waals surface area contributed by atoms with Crippen LogP contribution < -0.4 is 15.9 Å². The number of anilines is 4. The molecule has 8 aromatic rings. The molecule has 6 heterocycles. The van der Waals surface area contributed by atoms with Gasteiger partial charge in [-0.25, -0.2) is 29.9 Å². The molecule has 0 fully saturated rings. The molecule has 13 nitrogen and oxygen atoms in total. The van der Waals surface area contributed by atoms with Gasteiger partial charge >= 0.3 is 19.9 Å². The first-order valence-electron chi connectivity index (χ1n) is 24.3. The maximum atomic E-state index is 13.3. The molecular weight excluding hydrogens is 1130 g/mol. The number of aromatic nitrogens is 6. The molecular formula is C54H50BrF6N8O5PS2. The van der Waals surface area contributed by atoms with Crippen molar-refractivity contribution in [2.24, 2.45) is 0 Å². The second kappa shape index (κ2) is 22.4. The monoisotopic (exact) mass is 1180 g/mol. The molecule has 2 aliphatic carbocycles. The highest BCUT2D eigenvalue weighted by molar-refractivity contribution is 9.10.